The summed E-state index contributed by atoms with van der Waals surface area (Å²) in [6.45, 7) is 5.45. The zero-order valence-corrected chi connectivity index (χ0v) is 22.6. The van der Waals surface area contributed by atoms with Gasteiger partial charge in [0.15, 0.2) is 0 Å². The van der Waals surface area contributed by atoms with Gasteiger partial charge in [0.25, 0.3) is 0 Å². The van der Waals surface area contributed by atoms with E-state index in [1.807, 2.05) is 75.4 Å². The summed E-state index contributed by atoms with van der Waals surface area (Å²) in [4.78, 5) is 28.9. The molecule has 0 aliphatic heterocycles. The van der Waals surface area contributed by atoms with Crippen LogP contribution in [0.5, 0.6) is 0 Å². The quantitative estimate of drug-likeness (QED) is 0.414. The van der Waals surface area contributed by atoms with Crippen LogP contribution in [0.2, 0.25) is 0 Å². The normalized spacial score (nSPS) is 12.1. The van der Waals surface area contributed by atoms with Crippen LogP contribution in [0.3, 0.4) is 0 Å². The third kappa shape index (κ3) is 8.18. The van der Waals surface area contributed by atoms with Crippen molar-refractivity contribution in [3.05, 3.63) is 102 Å². The van der Waals surface area contributed by atoms with E-state index in [0.29, 0.717) is 12.1 Å². The number of aryl methyl sites for hydroxylation is 1. The second-order valence-electron chi connectivity index (χ2n) is 9.48. The molecule has 0 aromatic heterocycles. The summed E-state index contributed by atoms with van der Waals surface area (Å²) in [7, 11) is -3.76. The van der Waals surface area contributed by atoms with Crippen LogP contribution in [0.1, 0.15) is 30.5 Å². The van der Waals surface area contributed by atoms with E-state index in [9.17, 15) is 18.0 Å². The molecule has 0 saturated carbocycles. The van der Waals surface area contributed by atoms with Crippen LogP contribution in [-0.2, 0) is 32.6 Å². The van der Waals surface area contributed by atoms with E-state index >= 15 is 0 Å². The minimum absolute atomic E-state index is 0.126. The van der Waals surface area contributed by atoms with Gasteiger partial charge < -0.3 is 10.2 Å². The first kappa shape index (κ1) is 27.9. The second kappa shape index (κ2) is 12.5. The molecule has 3 aromatic carbocycles. The Labute approximate surface area is 220 Å². The number of anilines is 1. The molecular weight excluding hydrogens is 486 g/mol. The molecule has 0 saturated heterocycles. The molecule has 0 bridgehead atoms. The zero-order valence-electron chi connectivity index (χ0n) is 21.8. The standard InChI is InChI=1S/C29H35N3O4S/c1-22(2)30-29(34)27(19-24-11-7-5-8-12-24)31(20-25-17-15-23(3)16-18-25)28(33)21-32(37(4,35)36)26-13-9-6-10-14-26/h5-18,22,27H,19-21H2,1-4H3,(H,30,34)/t27-/m0/s1. The van der Waals surface area contributed by atoms with Gasteiger partial charge in [0.05, 0.1) is 11.9 Å². The number of para-hydroxylation sites is 1. The lowest BCUT2D eigenvalue weighted by Crippen LogP contribution is -2.54. The molecule has 8 heteroatoms. The second-order valence-corrected chi connectivity index (χ2v) is 11.4. The number of sulfonamides is 1. The molecule has 1 atom stereocenters. The number of nitrogens with one attached hydrogen (secondary N) is 1. The van der Waals surface area contributed by atoms with Gasteiger partial charge in [-0.1, -0.05) is 78.4 Å². The van der Waals surface area contributed by atoms with Crippen LogP contribution in [0.15, 0.2) is 84.9 Å². The van der Waals surface area contributed by atoms with Crippen molar-refractivity contribution in [3.63, 3.8) is 0 Å². The highest BCUT2D eigenvalue weighted by atomic mass is 32.2. The summed E-state index contributed by atoms with van der Waals surface area (Å²) in [5, 5.41) is 2.94. The van der Waals surface area contributed by atoms with Gasteiger partial charge in [-0.3, -0.25) is 13.9 Å². The number of rotatable bonds is 11. The maximum atomic E-state index is 13.9. The van der Waals surface area contributed by atoms with Gasteiger partial charge in [-0.05, 0) is 44.0 Å². The molecule has 3 rings (SSSR count). The minimum Gasteiger partial charge on any atom is -0.352 e. The van der Waals surface area contributed by atoms with Crippen molar-refractivity contribution in [3.8, 4) is 0 Å². The van der Waals surface area contributed by atoms with Gasteiger partial charge in [-0.2, -0.15) is 0 Å². The van der Waals surface area contributed by atoms with Gasteiger partial charge in [-0.15, -0.1) is 0 Å². The van der Waals surface area contributed by atoms with Crippen LogP contribution < -0.4 is 9.62 Å². The lowest BCUT2D eigenvalue weighted by molar-refractivity contribution is -0.140. The van der Waals surface area contributed by atoms with Crippen LogP contribution in [0.25, 0.3) is 0 Å². The van der Waals surface area contributed by atoms with Crippen molar-refractivity contribution >= 4 is 27.5 Å². The average molecular weight is 522 g/mol. The number of carbonyl (C=O) groups is 2. The maximum absolute atomic E-state index is 13.9. The lowest BCUT2D eigenvalue weighted by atomic mass is 10.0. The third-order valence-electron chi connectivity index (χ3n) is 5.90. The van der Waals surface area contributed by atoms with Crippen LogP contribution in [0.4, 0.5) is 5.69 Å². The van der Waals surface area contributed by atoms with E-state index in [-0.39, 0.29) is 18.5 Å². The Morgan fingerprint density at radius 3 is 1.95 bits per heavy atom. The Bertz CT molecular complexity index is 1280. The van der Waals surface area contributed by atoms with E-state index in [2.05, 4.69) is 5.32 Å². The Morgan fingerprint density at radius 2 is 1.41 bits per heavy atom. The summed E-state index contributed by atoms with van der Waals surface area (Å²) >= 11 is 0. The van der Waals surface area contributed by atoms with Gasteiger partial charge >= 0.3 is 0 Å². The molecule has 0 aliphatic carbocycles. The molecule has 2 amide bonds. The number of hydrogen-bond acceptors (Lipinski definition) is 4. The number of amides is 2. The van der Waals surface area contributed by atoms with E-state index in [4.69, 9.17) is 0 Å². The first-order valence-corrected chi connectivity index (χ1v) is 14.1. The predicted molar refractivity (Wildman–Crippen MR) is 148 cm³/mol. The predicted octanol–water partition coefficient (Wildman–Crippen LogP) is 3.93. The molecule has 1 N–H and O–H groups in total. The molecule has 3 aromatic rings. The number of benzene rings is 3. The highest BCUT2D eigenvalue weighted by molar-refractivity contribution is 7.92. The molecule has 0 radical (unpaired) electrons. The van der Waals surface area contributed by atoms with E-state index in [1.54, 1.807) is 30.3 Å². The van der Waals surface area contributed by atoms with Gasteiger partial charge in [0.2, 0.25) is 21.8 Å². The molecule has 37 heavy (non-hydrogen) atoms. The summed E-state index contributed by atoms with van der Waals surface area (Å²) in [5.74, 6) is -0.750. The molecule has 0 spiro atoms. The maximum Gasteiger partial charge on any atom is 0.244 e. The monoisotopic (exact) mass is 521 g/mol. The number of hydrogen-bond donors (Lipinski definition) is 1. The SMILES string of the molecule is Cc1ccc(CN(C(=O)CN(c2ccccc2)S(C)(=O)=O)[C@@H](Cc2ccccc2)C(=O)NC(C)C)cc1. The van der Waals surface area contributed by atoms with E-state index < -0.39 is 28.5 Å². The highest BCUT2D eigenvalue weighted by Crippen LogP contribution is 2.20. The summed E-state index contributed by atoms with van der Waals surface area (Å²) < 4.78 is 26.5. The van der Waals surface area contributed by atoms with E-state index in [0.717, 1.165) is 27.3 Å². The fraction of sp³-hybridized carbons (Fsp3) is 0.310. The van der Waals surface area contributed by atoms with Crippen molar-refractivity contribution in [1.82, 2.24) is 10.2 Å². The molecular formula is C29H35N3O4S. The van der Waals surface area contributed by atoms with Crippen molar-refractivity contribution < 1.29 is 18.0 Å². The highest BCUT2D eigenvalue weighted by Gasteiger charge is 2.33. The fourth-order valence-corrected chi connectivity index (χ4v) is 4.88. The molecule has 0 heterocycles. The van der Waals surface area contributed by atoms with Crippen LogP contribution >= 0.6 is 0 Å². The average Bonchev–Trinajstić information content (AvgIpc) is 2.85. The topological polar surface area (TPSA) is 86.8 Å². The Kier molecular flexibility index (Phi) is 9.47. The van der Waals surface area contributed by atoms with Gasteiger partial charge in [-0.25, -0.2) is 8.42 Å². The van der Waals surface area contributed by atoms with Crippen molar-refractivity contribution in [1.29, 1.82) is 0 Å². The van der Waals surface area contributed by atoms with Crippen LogP contribution in [0, 0.1) is 6.92 Å². The van der Waals surface area contributed by atoms with E-state index in [1.165, 1.54) is 4.90 Å². The molecule has 7 nitrogen and oxygen atoms in total. The Hall–Kier alpha value is -3.65. The molecule has 0 unspecified atom stereocenters. The largest absolute Gasteiger partial charge is 0.352 e. The molecule has 0 fully saturated rings. The third-order valence-corrected chi connectivity index (χ3v) is 7.04. The summed E-state index contributed by atoms with van der Waals surface area (Å²) in [6.07, 6.45) is 1.37. The summed E-state index contributed by atoms with van der Waals surface area (Å²) in [5.41, 5.74) is 3.21. The van der Waals surface area contributed by atoms with Crippen molar-refractivity contribution in [2.75, 3.05) is 17.1 Å². The number of nitrogens with zero attached hydrogens (tertiary/aromatic N) is 2. The Balaban J connectivity index is 2.03. The van der Waals surface area contributed by atoms with Crippen molar-refractivity contribution in [2.45, 2.75) is 45.8 Å². The fourth-order valence-electron chi connectivity index (χ4n) is 4.03. The number of carbonyl (C=O) groups excluding carboxylic acids is 2. The minimum atomic E-state index is -3.76. The first-order valence-electron chi connectivity index (χ1n) is 12.3. The smallest absolute Gasteiger partial charge is 0.244 e. The lowest BCUT2D eigenvalue weighted by Gasteiger charge is -2.34. The molecule has 196 valence electrons. The van der Waals surface area contributed by atoms with Gasteiger partial charge in [0, 0.05) is 19.0 Å². The zero-order chi connectivity index (χ0) is 27.0. The van der Waals surface area contributed by atoms with Crippen molar-refractivity contribution in [2.24, 2.45) is 0 Å². The van der Waals surface area contributed by atoms with Crippen LogP contribution in [-0.4, -0.2) is 50.0 Å². The Morgan fingerprint density at radius 1 is 0.838 bits per heavy atom. The first-order chi connectivity index (χ1) is 17.5. The van der Waals surface area contributed by atoms with Gasteiger partial charge in [0.1, 0.15) is 12.6 Å². The summed E-state index contributed by atoms with van der Waals surface area (Å²) in [6, 6.07) is 24.8. The molecule has 0 aliphatic rings.